The minimum atomic E-state index is -0.103. The minimum Gasteiger partial charge on any atom is -0.507 e. The Morgan fingerprint density at radius 1 is 0.667 bits per heavy atom. The minimum absolute atomic E-state index is 0.103. The van der Waals surface area contributed by atoms with Crippen LogP contribution in [0.5, 0.6) is 17.2 Å². The normalized spacial score (nSPS) is 18.6. The summed E-state index contributed by atoms with van der Waals surface area (Å²) in [5.74, 6) is 1.53. The Morgan fingerprint density at radius 3 is 1.97 bits per heavy atom. The lowest BCUT2D eigenvalue weighted by molar-refractivity contribution is 0.168. The Hall–Kier alpha value is -3.76. The molecule has 0 amide bonds. The Kier molecular flexibility index (Phi) is 4.05. The van der Waals surface area contributed by atoms with Crippen molar-refractivity contribution in [1.82, 2.24) is 4.90 Å². The number of ether oxygens (including phenoxy) is 2. The molecule has 4 heteroatoms. The van der Waals surface area contributed by atoms with Crippen LogP contribution in [0.15, 0.2) is 84.9 Å². The summed E-state index contributed by atoms with van der Waals surface area (Å²) in [7, 11) is 0. The van der Waals surface area contributed by atoms with Gasteiger partial charge >= 0.3 is 0 Å². The van der Waals surface area contributed by atoms with Gasteiger partial charge in [0.25, 0.3) is 0 Å². The van der Waals surface area contributed by atoms with Crippen LogP contribution in [0.25, 0.3) is 11.1 Å². The van der Waals surface area contributed by atoms with Gasteiger partial charge in [0.05, 0.1) is 12.1 Å². The summed E-state index contributed by atoms with van der Waals surface area (Å²) in [6.45, 7) is 1.08. The van der Waals surface area contributed by atoms with Gasteiger partial charge in [-0.25, -0.2) is 0 Å². The van der Waals surface area contributed by atoms with E-state index in [1.54, 1.807) is 6.07 Å². The van der Waals surface area contributed by atoms with Gasteiger partial charge in [-0.15, -0.1) is 0 Å². The van der Waals surface area contributed by atoms with E-state index in [9.17, 15) is 5.11 Å². The molecule has 0 aromatic heterocycles. The zero-order chi connectivity index (χ0) is 21.9. The Labute approximate surface area is 192 Å². The highest BCUT2D eigenvalue weighted by Gasteiger charge is 2.40. The van der Waals surface area contributed by atoms with Gasteiger partial charge in [0, 0.05) is 18.2 Å². The summed E-state index contributed by atoms with van der Waals surface area (Å²) in [6.07, 6.45) is 0.971. The number of fused-ring (bicyclic) bond motifs is 5. The third kappa shape index (κ3) is 2.74. The van der Waals surface area contributed by atoms with Crippen LogP contribution >= 0.6 is 0 Å². The van der Waals surface area contributed by atoms with E-state index in [0.29, 0.717) is 11.5 Å². The first-order chi connectivity index (χ1) is 16.3. The van der Waals surface area contributed by atoms with E-state index in [4.69, 9.17) is 9.47 Å². The first kappa shape index (κ1) is 18.8. The summed E-state index contributed by atoms with van der Waals surface area (Å²) in [5, 5.41) is 11.1. The molecule has 4 aromatic rings. The summed E-state index contributed by atoms with van der Waals surface area (Å²) < 4.78 is 11.2. The highest BCUT2D eigenvalue weighted by Crippen LogP contribution is 2.53. The fraction of sp³-hybridized carbons (Fsp3) is 0.172. The van der Waals surface area contributed by atoms with Crippen LogP contribution in [-0.4, -0.2) is 23.3 Å². The Morgan fingerprint density at radius 2 is 1.24 bits per heavy atom. The quantitative estimate of drug-likeness (QED) is 0.431. The zero-order valence-corrected chi connectivity index (χ0v) is 18.1. The molecule has 2 heterocycles. The molecule has 4 aromatic carbocycles. The van der Waals surface area contributed by atoms with Crippen LogP contribution in [0.4, 0.5) is 0 Å². The molecule has 4 nitrogen and oxygen atoms in total. The van der Waals surface area contributed by atoms with Crippen LogP contribution in [-0.2, 0) is 6.42 Å². The Balaban J connectivity index is 1.45. The van der Waals surface area contributed by atoms with Crippen molar-refractivity contribution in [3.8, 4) is 28.4 Å². The van der Waals surface area contributed by atoms with E-state index in [2.05, 4.69) is 77.7 Å². The second-order valence-corrected chi connectivity index (χ2v) is 8.93. The highest BCUT2D eigenvalue weighted by atomic mass is 16.7. The third-order valence-electron chi connectivity index (χ3n) is 7.27. The van der Waals surface area contributed by atoms with Gasteiger partial charge in [0.2, 0.25) is 6.79 Å². The summed E-state index contributed by atoms with van der Waals surface area (Å²) >= 11 is 0. The van der Waals surface area contributed by atoms with Gasteiger partial charge in [-0.2, -0.15) is 0 Å². The standard InChI is InChI=1S/C29H23NO3/c31-25-16-27-26(32-17-33-27)15-24(25)28-19-8-2-1-7-18(19)13-14-30(28)29-22-11-5-3-9-20(22)21-10-4-6-12-23(21)29/h1-12,15-16,28-29,31H,13-14,17H2/t28-/m0/s1. The molecule has 0 bridgehead atoms. The van der Waals surface area contributed by atoms with Crippen LogP contribution in [0.1, 0.15) is 39.9 Å². The molecule has 1 N–H and O–H groups in total. The van der Waals surface area contributed by atoms with Crippen molar-refractivity contribution in [1.29, 1.82) is 0 Å². The maximum atomic E-state index is 11.1. The van der Waals surface area contributed by atoms with Crippen LogP contribution in [0.3, 0.4) is 0 Å². The number of aromatic hydroxyl groups is 1. The van der Waals surface area contributed by atoms with E-state index in [1.165, 1.54) is 33.4 Å². The van der Waals surface area contributed by atoms with Crippen molar-refractivity contribution in [2.75, 3.05) is 13.3 Å². The van der Waals surface area contributed by atoms with Crippen molar-refractivity contribution in [3.63, 3.8) is 0 Å². The molecule has 0 saturated heterocycles. The molecule has 1 atom stereocenters. The largest absolute Gasteiger partial charge is 0.507 e. The van der Waals surface area contributed by atoms with Gasteiger partial charge in [0.15, 0.2) is 11.5 Å². The number of benzene rings is 4. The van der Waals surface area contributed by atoms with Gasteiger partial charge < -0.3 is 14.6 Å². The average Bonchev–Trinajstić information content (AvgIpc) is 3.45. The third-order valence-corrected chi connectivity index (χ3v) is 7.27. The number of nitrogens with zero attached hydrogens (tertiary/aromatic N) is 1. The van der Waals surface area contributed by atoms with E-state index in [-0.39, 0.29) is 24.6 Å². The molecule has 2 aliphatic heterocycles. The molecule has 1 aliphatic carbocycles. The van der Waals surface area contributed by atoms with Gasteiger partial charge in [0.1, 0.15) is 5.75 Å². The molecule has 162 valence electrons. The predicted octanol–water partition coefficient (Wildman–Crippen LogP) is 5.84. The number of hydrogen-bond donors (Lipinski definition) is 1. The van der Waals surface area contributed by atoms with E-state index in [1.807, 2.05) is 6.07 Å². The smallest absolute Gasteiger partial charge is 0.231 e. The molecule has 3 aliphatic rings. The van der Waals surface area contributed by atoms with E-state index in [0.717, 1.165) is 18.5 Å². The second kappa shape index (κ2) is 7.12. The molecular weight excluding hydrogens is 410 g/mol. The fourth-order valence-corrected chi connectivity index (χ4v) is 5.86. The predicted molar refractivity (Wildman–Crippen MR) is 127 cm³/mol. The molecule has 0 spiro atoms. The van der Waals surface area contributed by atoms with Crippen molar-refractivity contribution >= 4 is 0 Å². The van der Waals surface area contributed by atoms with Gasteiger partial charge in [-0.1, -0.05) is 72.8 Å². The molecular formula is C29H23NO3. The lowest BCUT2D eigenvalue weighted by Crippen LogP contribution is -2.38. The molecule has 33 heavy (non-hydrogen) atoms. The summed E-state index contributed by atoms with van der Waals surface area (Å²) in [6, 6.07) is 29.7. The van der Waals surface area contributed by atoms with E-state index >= 15 is 0 Å². The summed E-state index contributed by atoms with van der Waals surface area (Å²) in [5.41, 5.74) is 8.66. The average molecular weight is 434 g/mol. The monoisotopic (exact) mass is 433 g/mol. The highest BCUT2D eigenvalue weighted by molar-refractivity contribution is 5.78. The first-order valence-electron chi connectivity index (χ1n) is 11.4. The van der Waals surface area contributed by atoms with Gasteiger partial charge in [-0.05, 0) is 45.9 Å². The maximum absolute atomic E-state index is 11.1. The number of rotatable bonds is 2. The molecule has 7 rings (SSSR count). The lowest BCUT2D eigenvalue weighted by atomic mass is 9.85. The molecule has 0 unspecified atom stereocenters. The fourth-order valence-electron chi connectivity index (χ4n) is 5.86. The van der Waals surface area contributed by atoms with Crippen LogP contribution < -0.4 is 9.47 Å². The lowest BCUT2D eigenvalue weighted by Gasteiger charge is -2.42. The zero-order valence-electron chi connectivity index (χ0n) is 18.1. The number of hydrogen-bond acceptors (Lipinski definition) is 4. The Bertz CT molecular complexity index is 1350. The van der Waals surface area contributed by atoms with Crippen molar-refractivity contribution < 1.29 is 14.6 Å². The topological polar surface area (TPSA) is 41.9 Å². The molecule has 0 fully saturated rings. The number of phenolic OH excluding ortho intramolecular Hbond substituents is 1. The van der Waals surface area contributed by atoms with Crippen molar-refractivity contribution in [2.45, 2.75) is 18.5 Å². The maximum Gasteiger partial charge on any atom is 0.231 e. The van der Waals surface area contributed by atoms with Gasteiger partial charge in [-0.3, -0.25) is 4.90 Å². The number of phenols is 1. The van der Waals surface area contributed by atoms with E-state index < -0.39 is 0 Å². The SMILES string of the molecule is Oc1cc2c(cc1[C@@H]1c3ccccc3CCN1C1c3ccccc3-c3ccccc31)OCO2. The van der Waals surface area contributed by atoms with Crippen molar-refractivity contribution in [3.05, 3.63) is 113 Å². The first-order valence-corrected chi connectivity index (χ1v) is 11.4. The molecule has 0 saturated carbocycles. The second-order valence-electron chi connectivity index (χ2n) is 8.93. The van der Waals surface area contributed by atoms with Crippen LogP contribution in [0, 0.1) is 0 Å². The molecule has 0 radical (unpaired) electrons. The summed E-state index contributed by atoms with van der Waals surface area (Å²) in [4.78, 5) is 2.55. The van der Waals surface area contributed by atoms with Crippen molar-refractivity contribution in [2.24, 2.45) is 0 Å². The van der Waals surface area contributed by atoms with Crippen LogP contribution in [0.2, 0.25) is 0 Å².